The molecule has 0 unspecified atom stereocenters. The Hall–Kier alpha value is -1.76. The van der Waals surface area contributed by atoms with E-state index in [4.69, 9.17) is 15.2 Å². The van der Waals surface area contributed by atoms with Gasteiger partial charge >= 0.3 is 5.97 Å². The summed E-state index contributed by atoms with van der Waals surface area (Å²) in [6.45, 7) is 1.61. The van der Waals surface area contributed by atoms with E-state index in [2.05, 4.69) is 0 Å². The average Bonchev–Trinajstić information content (AvgIpc) is 2.41. The molecule has 1 rings (SSSR count). The predicted molar refractivity (Wildman–Crippen MR) is 76.3 cm³/mol. The molecule has 6 nitrogen and oxygen atoms in total. The lowest BCUT2D eigenvalue weighted by Gasteiger charge is -2.07. The predicted octanol–water partition coefficient (Wildman–Crippen LogP) is 1.02. The molecule has 0 aliphatic rings. The van der Waals surface area contributed by atoms with Crippen molar-refractivity contribution in [1.82, 2.24) is 0 Å². The summed E-state index contributed by atoms with van der Waals surface area (Å²) in [6.07, 6.45) is 0.0660. The number of carbonyl (C=O) groups is 1. The minimum absolute atomic E-state index is 0.0464. The number of ether oxygens (including phenoxy) is 2. The summed E-state index contributed by atoms with van der Waals surface area (Å²) in [5.41, 5.74) is 6.16. The molecule has 1 aromatic rings. The third-order valence-electron chi connectivity index (χ3n) is 2.55. The van der Waals surface area contributed by atoms with Crippen molar-refractivity contribution in [1.29, 1.82) is 0 Å². The van der Waals surface area contributed by atoms with Crippen LogP contribution < -0.4 is 10.5 Å². The van der Waals surface area contributed by atoms with Crippen molar-refractivity contribution < 1.29 is 22.7 Å². The number of sulfone groups is 1. The van der Waals surface area contributed by atoms with Crippen molar-refractivity contribution in [2.45, 2.75) is 13.3 Å². The minimum Gasteiger partial charge on any atom is -0.493 e. The smallest absolute Gasteiger partial charge is 0.309 e. The first-order valence-electron chi connectivity index (χ1n) is 6.27. The Balaban J connectivity index is 2.19. The molecule has 112 valence electrons. The summed E-state index contributed by atoms with van der Waals surface area (Å²) < 4.78 is 32.5. The third-order valence-corrected chi connectivity index (χ3v) is 4.22. The number of carbonyl (C=O) groups excluding carboxylic acids is 1. The number of rotatable bonds is 8. The van der Waals surface area contributed by atoms with Crippen molar-refractivity contribution in [3.05, 3.63) is 24.3 Å². The highest BCUT2D eigenvalue weighted by Gasteiger charge is 2.09. The summed E-state index contributed by atoms with van der Waals surface area (Å²) in [5, 5.41) is 0. The van der Waals surface area contributed by atoms with Gasteiger partial charge in [0.1, 0.15) is 12.4 Å². The lowest BCUT2D eigenvalue weighted by atomic mass is 10.3. The topological polar surface area (TPSA) is 95.7 Å². The van der Waals surface area contributed by atoms with Crippen LogP contribution in [0.25, 0.3) is 0 Å². The number of hydrogen-bond donors (Lipinski definition) is 1. The van der Waals surface area contributed by atoms with E-state index in [-0.39, 0.29) is 31.1 Å². The lowest BCUT2D eigenvalue weighted by Crippen LogP contribution is -2.18. The highest BCUT2D eigenvalue weighted by Crippen LogP contribution is 2.13. The largest absolute Gasteiger partial charge is 0.493 e. The molecule has 0 amide bonds. The van der Waals surface area contributed by atoms with Gasteiger partial charge in [-0.3, -0.25) is 4.79 Å². The van der Waals surface area contributed by atoms with E-state index in [0.29, 0.717) is 11.4 Å². The Morgan fingerprint density at radius 2 is 1.85 bits per heavy atom. The molecule has 0 bridgehead atoms. The van der Waals surface area contributed by atoms with Crippen LogP contribution in [0.3, 0.4) is 0 Å². The standard InChI is InChI=1S/C13H19NO5S/c1-2-20(16,17)10-9-19-13(15)7-8-18-12-5-3-11(14)4-6-12/h3-6H,2,7-10,14H2,1H3. The zero-order valence-electron chi connectivity index (χ0n) is 11.4. The number of nitrogen functional groups attached to an aromatic ring is 1. The summed E-state index contributed by atoms with van der Waals surface area (Å²) >= 11 is 0. The maximum atomic E-state index is 11.3. The highest BCUT2D eigenvalue weighted by molar-refractivity contribution is 7.91. The van der Waals surface area contributed by atoms with Gasteiger partial charge in [-0.25, -0.2) is 8.42 Å². The number of esters is 1. The number of benzene rings is 1. The second kappa shape index (κ2) is 7.74. The van der Waals surface area contributed by atoms with Gasteiger partial charge in [0.2, 0.25) is 0 Å². The molecule has 2 N–H and O–H groups in total. The van der Waals surface area contributed by atoms with Gasteiger partial charge in [-0.1, -0.05) is 6.92 Å². The van der Waals surface area contributed by atoms with Gasteiger partial charge in [-0.2, -0.15) is 0 Å². The van der Waals surface area contributed by atoms with Gasteiger partial charge in [0, 0.05) is 11.4 Å². The maximum Gasteiger partial charge on any atom is 0.309 e. The summed E-state index contributed by atoms with van der Waals surface area (Å²) in [6, 6.07) is 6.80. The molecule has 0 aromatic heterocycles. The van der Waals surface area contributed by atoms with E-state index in [1.807, 2.05) is 0 Å². The number of hydrogen-bond acceptors (Lipinski definition) is 6. The van der Waals surface area contributed by atoms with Gasteiger partial charge in [0.05, 0.1) is 18.8 Å². The number of anilines is 1. The second-order valence-electron chi connectivity index (χ2n) is 4.12. The Morgan fingerprint density at radius 3 is 2.45 bits per heavy atom. The highest BCUT2D eigenvalue weighted by atomic mass is 32.2. The average molecular weight is 301 g/mol. The zero-order chi connectivity index (χ0) is 15.0. The summed E-state index contributed by atoms with van der Waals surface area (Å²) in [4.78, 5) is 11.3. The normalized spacial score (nSPS) is 11.1. The fraction of sp³-hybridized carbons (Fsp3) is 0.462. The van der Waals surface area contributed by atoms with E-state index < -0.39 is 15.8 Å². The SMILES string of the molecule is CCS(=O)(=O)CCOC(=O)CCOc1ccc(N)cc1. The van der Waals surface area contributed by atoms with Crippen LogP contribution in [0.4, 0.5) is 5.69 Å². The van der Waals surface area contributed by atoms with Gasteiger partial charge in [0.15, 0.2) is 9.84 Å². The molecule has 0 fully saturated rings. The van der Waals surface area contributed by atoms with Gasteiger partial charge in [-0.05, 0) is 24.3 Å². The molecule has 0 aliphatic heterocycles. The Kier molecular flexibility index (Phi) is 6.30. The van der Waals surface area contributed by atoms with Crippen LogP contribution in [0.2, 0.25) is 0 Å². The van der Waals surface area contributed by atoms with E-state index in [0.717, 1.165) is 0 Å². The van der Waals surface area contributed by atoms with E-state index in [1.54, 1.807) is 31.2 Å². The number of nitrogens with two attached hydrogens (primary N) is 1. The molecule has 0 saturated carbocycles. The second-order valence-corrected chi connectivity index (χ2v) is 6.60. The van der Waals surface area contributed by atoms with Crippen LogP contribution in [-0.2, 0) is 19.4 Å². The molecular formula is C13H19NO5S. The molecule has 0 radical (unpaired) electrons. The van der Waals surface area contributed by atoms with Crippen LogP contribution in [0.15, 0.2) is 24.3 Å². The summed E-state index contributed by atoms with van der Waals surface area (Å²) in [7, 11) is -3.10. The first kappa shape index (κ1) is 16.3. The molecular weight excluding hydrogens is 282 g/mol. The Morgan fingerprint density at radius 1 is 1.20 bits per heavy atom. The van der Waals surface area contributed by atoms with Crippen molar-refractivity contribution in [3.63, 3.8) is 0 Å². The van der Waals surface area contributed by atoms with Crippen molar-refractivity contribution >= 4 is 21.5 Å². The van der Waals surface area contributed by atoms with Crippen LogP contribution >= 0.6 is 0 Å². The molecule has 0 heterocycles. The third kappa shape index (κ3) is 6.42. The molecule has 20 heavy (non-hydrogen) atoms. The Labute approximate surface area is 118 Å². The first-order valence-corrected chi connectivity index (χ1v) is 8.09. The van der Waals surface area contributed by atoms with Crippen LogP contribution in [0.5, 0.6) is 5.75 Å². The van der Waals surface area contributed by atoms with Gasteiger partial charge in [0.25, 0.3) is 0 Å². The molecule has 0 atom stereocenters. The maximum absolute atomic E-state index is 11.3. The van der Waals surface area contributed by atoms with E-state index in [1.165, 1.54) is 0 Å². The van der Waals surface area contributed by atoms with Gasteiger partial charge < -0.3 is 15.2 Å². The minimum atomic E-state index is -3.10. The fourth-order valence-corrected chi connectivity index (χ4v) is 1.94. The van der Waals surface area contributed by atoms with Crippen LogP contribution in [-0.4, -0.2) is 39.1 Å². The van der Waals surface area contributed by atoms with E-state index >= 15 is 0 Å². The molecule has 0 aliphatic carbocycles. The first-order chi connectivity index (χ1) is 9.43. The molecule has 1 aromatic carbocycles. The van der Waals surface area contributed by atoms with Gasteiger partial charge in [-0.15, -0.1) is 0 Å². The van der Waals surface area contributed by atoms with E-state index in [9.17, 15) is 13.2 Å². The quantitative estimate of drug-likeness (QED) is 0.569. The molecule has 0 saturated heterocycles. The Bertz CT molecular complexity index is 524. The van der Waals surface area contributed by atoms with Crippen LogP contribution in [0, 0.1) is 0 Å². The summed E-state index contributed by atoms with van der Waals surface area (Å²) in [5.74, 6) is 0.0334. The zero-order valence-corrected chi connectivity index (χ0v) is 12.2. The lowest BCUT2D eigenvalue weighted by molar-refractivity contribution is -0.143. The monoisotopic (exact) mass is 301 g/mol. The molecule has 0 spiro atoms. The molecule has 7 heteroatoms. The van der Waals surface area contributed by atoms with Crippen molar-refractivity contribution in [3.8, 4) is 5.75 Å². The fourth-order valence-electron chi connectivity index (χ4n) is 1.32. The van der Waals surface area contributed by atoms with Crippen molar-refractivity contribution in [2.75, 3.05) is 30.5 Å². The van der Waals surface area contributed by atoms with Crippen LogP contribution in [0.1, 0.15) is 13.3 Å². The van der Waals surface area contributed by atoms with Crippen molar-refractivity contribution in [2.24, 2.45) is 0 Å².